The molecule has 7 nitrogen and oxygen atoms in total. The topological polar surface area (TPSA) is 97.3 Å². The van der Waals surface area contributed by atoms with Crippen LogP contribution in [0.4, 0.5) is 0 Å². The number of guanidine groups is 1. The third kappa shape index (κ3) is 3.20. The highest BCUT2D eigenvalue weighted by Gasteiger charge is 2.49. The number of halogens is 1. The van der Waals surface area contributed by atoms with E-state index in [9.17, 15) is 8.42 Å². The summed E-state index contributed by atoms with van der Waals surface area (Å²) >= 11 is 3.55. The molecule has 1 unspecified atom stereocenters. The summed E-state index contributed by atoms with van der Waals surface area (Å²) in [6, 6.07) is 14.9. The van der Waals surface area contributed by atoms with Gasteiger partial charge in [0.15, 0.2) is 11.5 Å². The van der Waals surface area contributed by atoms with Crippen LogP contribution in [-0.4, -0.2) is 43.5 Å². The molecule has 0 amide bonds. The molecule has 2 N–H and O–H groups in total. The Kier molecular flexibility index (Phi) is 4.62. The maximum atomic E-state index is 12.4. The predicted molar refractivity (Wildman–Crippen MR) is 119 cm³/mol. The molecule has 0 aromatic heterocycles. The van der Waals surface area contributed by atoms with E-state index in [-0.39, 0.29) is 5.75 Å². The summed E-state index contributed by atoms with van der Waals surface area (Å²) in [5.74, 6) is 1.44. The number of hydrogen-bond donors (Lipinski definition) is 1. The second-order valence-electron chi connectivity index (χ2n) is 7.70. The van der Waals surface area contributed by atoms with Gasteiger partial charge in [-0.3, -0.25) is 9.89 Å². The van der Waals surface area contributed by atoms with Crippen LogP contribution in [0.15, 0.2) is 63.0 Å². The minimum Gasteiger partial charge on any atom is -0.382 e. The van der Waals surface area contributed by atoms with E-state index in [0.29, 0.717) is 25.3 Å². The summed E-state index contributed by atoms with van der Waals surface area (Å²) in [6.45, 7) is 1.44. The molecule has 2 aliphatic heterocycles. The molecule has 2 aromatic carbocycles. The molecule has 9 heteroatoms. The summed E-state index contributed by atoms with van der Waals surface area (Å²) < 4.78 is 31.1. The van der Waals surface area contributed by atoms with E-state index in [2.05, 4.69) is 15.9 Å². The lowest BCUT2D eigenvalue weighted by Crippen LogP contribution is -2.46. The van der Waals surface area contributed by atoms with Crippen molar-refractivity contribution in [3.05, 3.63) is 64.1 Å². The fraction of sp³-hybridized carbons (Fsp3) is 0.333. The minimum absolute atomic E-state index is 0.275. The van der Waals surface area contributed by atoms with Crippen molar-refractivity contribution in [3.8, 4) is 5.75 Å². The van der Waals surface area contributed by atoms with E-state index < -0.39 is 20.9 Å². The Balaban J connectivity index is 1.67. The Labute approximate surface area is 183 Å². The Morgan fingerprint density at radius 3 is 2.60 bits per heavy atom. The molecule has 30 heavy (non-hydrogen) atoms. The highest BCUT2D eigenvalue weighted by atomic mass is 79.9. The van der Waals surface area contributed by atoms with Crippen LogP contribution in [0.2, 0.25) is 0 Å². The first-order valence-electron chi connectivity index (χ1n) is 9.88. The van der Waals surface area contributed by atoms with Gasteiger partial charge in [-0.15, -0.1) is 0 Å². The second kappa shape index (κ2) is 7.09. The van der Waals surface area contributed by atoms with Crippen LogP contribution >= 0.6 is 15.9 Å². The Bertz CT molecular complexity index is 1180. The van der Waals surface area contributed by atoms with Crippen LogP contribution < -0.4 is 9.92 Å². The zero-order valence-electron chi connectivity index (χ0n) is 16.2. The van der Waals surface area contributed by atoms with Crippen LogP contribution in [0, 0.1) is 0 Å². The van der Waals surface area contributed by atoms with Crippen LogP contribution in [0.25, 0.3) is 0 Å². The number of nitrogens with two attached hydrogens (primary N) is 1. The summed E-state index contributed by atoms with van der Waals surface area (Å²) in [6.07, 6.45) is 2.20. The molecule has 2 aromatic rings. The minimum atomic E-state index is -3.61. The molecule has 2 heterocycles. The number of nitrogens with zero attached hydrogens (tertiary/aromatic N) is 3. The maximum Gasteiger partial charge on any atom is 0.312 e. The van der Waals surface area contributed by atoms with Crippen molar-refractivity contribution in [1.82, 2.24) is 4.90 Å². The van der Waals surface area contributed by atoms with Gasteiger partial charge in [-0.05, 0) is 54.7 Å². The predicted octanol–water partition coefficient (Wildman–Crippen LogP) is 3.00. The summed E-state index contributed by atoms with van der Waals surface area (Å²) in [5, 5.41) is -0.404. The van der Waals surface area contributed by atoms with Crippen molar-refractivity contribution in [2.24, 2.45) is 15.7 Å². The van der Waals surface area contributed by atoms with Gasteiger partial charge in [-0.1, -0.05) is 40.2 Å². The van der Waals surface area contributed by atoms with Gasteiger partial charge in [-0.2, -0.15) is 8.42 Å². The van der Waals surface area contributed by atoms with Gasteiger partial charge in [-0.25, -0.2) is 4.99 Å². The van der Waals surface area contributed by atoms with Gasteiger partial charge in [0.05, 0.1) is 5.25 Å². The van der Waals surface area contributed by atoms with Crippen molar-refractivity contribution < 1.29 is 12.6 Å². The molecule has 156 valence electrons. The zero-order chi connectivity index (χ0) is 20.9. The molecule has 1 fully saturated rings. The van der Waals surface area contributed by atoms with Gasteiger partial charge >= 0.3 is 10.1 Å². The highest BCUT2D eigenvalue weighted by molar-refractivity contribution is 9.10. The standard InChI is InChI=1S/C21H21BrN4O3S/c22-16-6-1-4-14(12-16)21(19-24-10-3-11-26(19)20(23)25-21)15-5-2-7-17(13-15)29-30(27,28)18-8-9-18/h1-2,4-7,12-13,18H,3,8-11H2,(H2,23,25). The first kappa shape index (κ1) is 19.6. The normalized spacial score (nSPS) is 23.6. The Morgan fingerprint density at radius 2 is 1.87 bits per heavy atom. The number of hydrogen-bond acceptors (Lipinski definition) is 7. The lowest BCUT2D eigenvalue weighted by molar-refractivity contribution is 0.483. The third-order valence-corrected chi connectivity index (χ3v) is 7.78. The van der Waals surface area contributed by atoms with Crippen LogP contribution in [0.5, 0.6) is 5.75 Å². The molecule has 0 spiro atoms. The number of aliphatic imine (C=N–C) groups is 2. The van der Waals surface area contributed by atoms with E-state index >= 15 is 0 Å². The first-order chi connectivity index (χ1) is 14.4. The molecular formula is C21H21BrN4O3S. The first-order valence-corrected chi connectivity index (χ1v) is 12.1. The van der Waals surface area contributed by atoms with E-state index in [1.165, 1.54) is 0 Å². The van der Waals surface area contributed by atoms with Crippen molar-refractivity contribution in [2.75, 3.05) is 13.1 Å². The van der Waals surface area contributed by atoms with Gasteiger partial charge in [0.25, 0.3) is 0 Å². The number of benzene rings is 2. The summed E-state index contributed by atoms with van der Waals surface area (Å²) in [5.41, 5.74) is 7.01. The molecule has 5 rings (SSSR count). The fourth-order valence-corrected chi connectivity index (χ4v) is 5.64. The lowest BCUT2D eigenvalue weighted by atomic mass is 9.82. The average Bonchev–Trinajstić information content (AvgIpc) is 3.54. The van der Waals surface area contributed by atoms with Gasteiger partial charge < -0.3 is 9.92 Å². The van der Waals surface area contributed by atoms with Gasteiger partial charge in [0.2, 0.25) is 0 Å². The number of rotatable bonds is 5. The number of amidine groups is 1. The molecule has 0 radical (unpaired) electrons. The molecular weight excluding hydrogens is 468 g/mol. The molecule has 3 aliphatic rings. The monoisotopic (exact) mass is 488 g/mol. The SMILES string of the molecule is NC1=NC(c2cccc(Br)c2)(c2cccc(OS(=O)(=O)C3CC3)c2)C2=NCCCN12. The number of fused-ring (bicyclic) bond motifs is 1. The molecule has 1 saturated carbocycles. The highest BCUT2D eigenvalue weighted by Crippen LogP contribution is 2.43. The smallest absolute Gasteiger partial charge is 0.312 e. The van der Waals surface area contributed by atoms with E-state index in [0.717, 1.165) is 34.4 Å². The van der Waals surface area contributed by atoms with Crippen molar-refractivity contribution in [1.29, 1.82) is 0 Å². The zero-order valence-corrected chi connectivity index (χ0v) is 18.6. The van der Waals surface area contributed by atoms with Gasteiger partial charge in [0, 0.05) is 17.6 Å². The molecule has 0 bridgehead atoms. The maximum absolute atomic E-state index is 12.4. The lowest BCUT2D eigenvalue weighted by Gasteiger charge is -2.33. The van der Waals surface area contributed by atoms with Crippen molar-refractivity contribution in [2.45, 2.75) is 30.1 Å². The average molecular weight is 489 g/mol. The molecule has 1 atom stereocenters. The quantitative estimate of drug-likeness (QED) is 0.652. The van der Waals surface area contributed by atoms with E-state index in [1.807, 2.05) is 35.2 Å². The Hall–Kier alpha value is -2.39. The summed E-state index contributed by atoms with van der Waals surface area (Å²) in [7, 11) is -3.61. The van der Waals surface area contributed by atoms with Crippen LogP contribution in [0.3, 0.4) is 0 Å². The largest absolute Gasteiger partial charge is 0.382 e. The van der Waals surface area contributed by atoms with E-state index in [4.69, 9.17) is 19.9 Å². The van der Waals surface area contributed by atoms with Crippen molar-refractivity contribution in [3.63, 3.8) is 0 Å². The van der Waals surface area contributed by atoms with E-state index in [1.54, 1.807) is 18.2 Å². The Morgan fingerprint density at radius 1 is 1.13 bits per heavy atom. The summed E-state index contributed by atoms with van der Waals surface area (Å²) in [4.78, 5) is 11.6. The second-order valence-corrected chi connectivity index (χ2v) is 10.4. The molecule has 0 saturated heterocycles. The molecule has 1 aliphatic carbocycles. The van der Waals surface area contributed by atoms with Gasteiger partial charge in [0.1, 0.15) is 11.6 Å². The fourth-order valence-electron chi connectivity index (χ4n) is 4.02. The van der Waals surface area contributed by atoms with Crippen LogP contribution in [0.1, 0.15) is 30.4 Å². The third-order valence-electron chi connectivity index (χ3n) is 5.58. The van der Waals surface area contributed by atoms with Crippen LogP contribution in [-0.2, 0) is 15.7 Å². The van der Waals surface area contributed by atoms with Crippen molar-refractivity contribution >= 4 is 37.8 Å².